The fraction of sp³-hybridized carbons (Fsp3) is 0.333. The van der Waals surface area contributed by atoms with E-state index in [1.807, 2.05) is 18.2 Å². The van der Waals surface area contributed by atoms with Crippen LogP contribution in [0.1, 0.15) is 18.4 Å². The minimum absolute atomic E-state index is 0. The number of halogens is 2. The molecule has 6 nitrogen and oxygen atoms in total. The van der Waals surface area contributed by atoms with Crippen molar-refractivity contribution in [2.24, 2.45) is 16.6 Å². The highest BCUT2D eigenvalue weighted by atomic mass is 127. The normalized spacial score (nSPS) is 13.7. The molecule has 0 aliphatic heterocycles. The molecule has 140 valence electrons. The van der Waals surface area contributed by atoms with Gasteiger partial charge in [-0.15, -0.1) is 24.0 Å². The minimum atomic E-state index is 0. The molecule has 0 amide bonds. The fourth-order valence-electron chi connectivity index (χ4n) is 2.19. The second kappa shape index (κ2) is 9.82. The average molecular weight is 489 g/mol. The number of nitrogens with zero attached hydrogens (tertiary/aromatic N) is 2. The third-order valence-corrected chi connectivity index (χ3v) is 4.11. The number of ether oxygens (including phenoxy) is 2. The summed E-state index contributed by atoms with van der Waals surface area (Å²) < 4.78 is 10.7. The molecule has 8 heteroatoms. The second-order valence-electron chi connectivity index (χ2n) is 5.93. The number of aliphatic imine (C=N–C) groups is 1. The third-order valence-electron chi connectivity index (χ3n) is 3.82. The van der Waals surface area contributed by atoms with Gasteiger partial charge in [-0.3, -0.25) is 0 Å². The summed E-state index contributed by atoms with van der Waals surface area (Å²) in [5, 5.41) is 3.50. The van der Waals surface area contributed by atoms with Crippen LogP contribution in [-0.2, 0) is 6.54 Å². The van der Waals surface area contributed by atoms with E-state index in [2.05, 4.69) is 15.3 Å². The molecule has 1 aromatic heterocycles. The lowest BCUT2D eigenvalue weighted by Gasteiger charge is -2.08. The maximum atomic E-state index is 6.08. The van der Waals surface area contributed by atoms with E-state index in [0.717, 1.165) is 17.9 Å². The Bertz CT molecular complexity index is 751. The predicted octanol–water partition coefficient (Wildman–Crippen LogP) is 4.08. The molecule has 0 unspecified atom stereocenters. The molecule has 1 aliphatic carbocycles. The zero-order valence-electron chi connectivity index (χ0n) is 14.4. The molecular formula is C18H22ClIN4O2. The van der Waals surface area contributed by atoms with Crippen molar-refractivity contribution >= 4 is 47.2 Å². The first-order valence-corrected chi connectivity index (χ1v) is 8.50. The highest BCUT2D eigenvalue weighted by molar-refractivity contribution is 14.0. The maximum Gasteiger partial charge on any atom is 0.213 e. The van der Waals surface area contributed by atoms with Gasteiger partial charge in [0.15, 0.2) is 5.96 Å². The number of nitrogens with two attached hydrogens (primary N) is 1. The SMILES string of the molecule is COc1ccc(NC(N)=NCc2ccc(OCC3CC3)nc2)cc1Cl.I. The number of guanidine groups is 1. The molecule has 0 bridgehead atoms. The lowest BCUT2D eigenvalue weighted by Crippen LogP contribution is -2.22. The van der Waals surface area contributed by atoms with Crippen molar-refractivity contribution in [3.63, 3.8) is 0 Å². The molecular weight excluding hydrogens is 467 g/mol. The van der Waals surface area contributed by atoms with Crippen molar-refractivity contribution in [3.8, 4) is 11.6 Å². The Hall–Kier alpha value is -1.74. The topological polar surface area (TPSA) is 81.8 Å². The summed E-state index contributed by atoms with van der Waals surface area (Å²) in [6.07, 6.45) is 4.28. The van der Waals surface area contributed by atoms with Crippen LogP contribution in [0.5, 0.6) is 11.6 Å². The summed E-state index contributed by atoms with van der Waals surface area (Å²) in [4.78, 5) is 8.59. The van der Waals surface area contributed by atoms with E-state index in [-0.39, 0.29) is 24.0 Å². The standard InChI is InChI=1S/C18H21ClN4O2.HI/c1-24-16-6-5-14(8-15(16)19)23-18(20)22-10-13-4-7-17(21-9-13)25-11-12-2-3-12;/h4-9,12H,2-3,10-11H2,1H3,(H3,20,22,23);1H. The molecule has 1 fully saturated rings. The number of rotatable bonds is 7. The summed E-state index contributed by atoms with van der Waals surface area (Å²) >= 11 is 6.08. The summed E-state index contributed by atoms with van der Waals surface area (Å²) in [5.41, 5.74) is 7.61. The number of anilines is 1. The van der Waals surface area contributed by atoms with Crippen molar-refractivity contribution < 1.29 is 9.47 Å². The average Bonchev–Trinajstić information content (AvgIpc) is 3.44. The lowest BCUT2D eigenvalue weighted by atomic mass is 10.3. The predicted molar refractivity (Wildman–Crippen MR) is 115 cm³/mol. The Balaban J connectivity index is 0.00000243. The van der Waals surface area contributed by atoms with Crippen LogP contribution in [0.2, 0.25) is 5.02 Å². The maximum absolute atomic E-state index is 6.08. The van der Waals surface area contributed by atoms with Crippen molar-refractivity contribution in [2.75, 3.05) is 19.0 Å². The fourth-order valence-corrected chi connectivity index (χ4v) is 2.44. The van der Waals surface area contributed by atoms with Crippen LogP contribution in [0.4, 0.5) is 5.69 Å². The van der Waals surface area contributed by atoms with Gasteiger partial charge < -0.3 is 20.5 Å². The Labute approximate surface area is 175 Å². The van der Waals surface area contributed by atoms with Crippen molar-refractivity contribution in [1.29, 1.82) is 0 Å². The molecule has 0 radical (unpaired) electrons. The first kappa shape index (κ1) is 20.6. The van der Waals surface area contributed by atoms with Gasteiger partial charge in [-0.1, -0.05) is 17.7 Å². The third kappa shape index (κ3) is 6.21. The molecule has 3 rings (SSSR count). The lowest BCUT2D eigenvalue weighted by molar-refractivity contribution is 0.288. The smallest absolute Gasteiger partial charge is 0.213 e. The monoisotopic (exact) mass is 488 g/mol. The highest BCUT2D eigenvalue weighted by Crippen LogP contribution is 2.29. The zero-order chi connectivity index (χ0) is 17.6. The van der Waals surface area contributed by atoms with Crippen LogP contribution in [-0.4, -0.2) is 24.7 Å². The van der Waals surface area contributed by atoms with Gasteiger partial charge in [0, 0.05) is 18.0 Å². The van der Waals surface area contributed by atoms with Gasteiger partial charge in [-0.25, -0.2) is 9.98 Å². The first-order valence-electron chi connectivity index (χ1n) is 8.12. The van der Waals surface area contributed by atoms with E-state index >= 15 is 0 Å². The van der Waals surface area contributed by atoms with E-state index in [1.54, 1.807) is 25.4 Å². The second-order valence-corrected chi connectivity index (χ2v) is 6.34. The number of pyridine rings is 1. The van der Waals surface area contributed by atoms with Crippen LogP contribution in [0, 0.1) is 5.92 Å². The minimum Gasteiger partial charge on any atom is -0.495 e. The van der Waals surface area contributed by atoms with Gasteiger partial charge in [0.05, 0.1) is 25.3 Å². The highest BCUT2D eigenvalue weighted by Gasteiger charge is 2.21. The molecule has 1 heterocycles. The number of aromatic nitrogens is 1. The Kier molecular flexibility index (Phi) is 7.77. The number of benzene rings is 1. The van der Waals surface area contributed by atoms with Crippen LogP contribution in [0.3, 0.4) is 0 Å². The summed E-state index contributed by atoms with van der Waals surface area (Å²) in [5.74, 6) is 2.27. The van der Waals surface area contributed by atoms with Gasteiger partial charge in [0.1, 0.15) is 5.75 Å². The molecule has 0 spiro atoms. The molecule has 0 saturated heterocycles. The largest absolute Gasteiger partial charge is 0.495 e. The zero-order valence-corrected chi connectivity index (χ0v) is 17.5. The van der Waals surface area contributed by atoms with E-state index in [9.17, 15) is 0 Å². The number of methoxy groups -OCH3 is 1. The number of hydrogen-bond acceptors (Lipinski definition) is 4. The van der Waals surface area contributed by atoms with E-state index in [1.165, 1.54) is 12.8 Å². The summed E-state index contributed by atoms with van der Waals surface area (Å²) in [6, 6.07) is 9.12. The van der Waals surface area contributed by atoms with Gasteiger partial charge in [0.25, 0.3) is 0 Å². The van der Waals surface area contributed by atoms with E-state index < -0.39 is 0 Å². The van der Waals surface area contributed by atoms with Crippen molar-refractivity contribution in [1.82, 2.24) is 4.98 Å². The van der Waals surface area contributed by atoms with Crippen LogP contribution in [0.25, 0.3) is 0 Å². The molecule has 0 atom stereocenters. The van der Waals surface area contributed by atoms with Crippen LogP contribution in [0.15, 0.2) is 41.5 Å². The number of nitrogens with one attached hydrogen (secondary N) is 1. The summed E-state index contributed by atoms with van der Waals surface area (Å²) in [6.45, 7) is 1.18. The van der Waals surface area contributed by atoms with Gasteiger partial charge >= 0.3 is 0 Å². The molecule has 1 aliphatic rings. The van der Waals surface area contributed by atoms with Gasteiger partial charge in [0.2, 0.25) is 5.88 Å². The quantitative estimate of drug-likeness (QED) is 0.349. The van der Waals surface area contributed by atoms with E-state index in [4.69, 9.17) is 26.8 Å². The van der Waals surface area contributed by atoms with Crippen molar-refractivity contribution in [3.05, 3.63) is 47.1 Å². The van der Waals surface area contributed by atoms with Crippen LogP contribution < -0.4 is 20.5 Å². The Morgan fingerprint density at radius 1 is 1.35 bits per heavy atom. The van der Waals surface area contributed by atoms with Gasteiger partial charge in [-0.05, 0) is 42.5 Å². The molecule has 3 N–H and O–H groups in total. The number of hydrogen-bond donors (Lipinski definition) is 2. The molecule has 1 aromatic carbocycles. The van der Waals surface area contributed by atoms with Crippen LogP contribution >= 0.6 is 35.6 Å². The Morgan fingerprint density at radius 2 is 2.15 bits per heavy atom. The van der Waals surface area contributed by atoms with Gasteiger partial charge in [-0.2, -0.15) is 0 Å². The van der Waals surface area contributed by atoms with Crippen molar-refractivity contribution in [2.45, 2.75) is 19.4 Å². The Morgan fingerprint density at radius 3 is 2.77 bits per heavy atom. The van der Waals surface area contributed by atoms with E-state index in [0.29, 0.717) is 35.1 Å². The summed E-state index contributed by atoms with van der Waals surface area (Å²) in [7, 11) is 1.57. The molecule has 1 saturated carbocycles. The molecule has 26 heavy (non-hydrogen) atoms. The molecule has 2 aromatic rings. The first-order chi connectivity index (χ1) is 12.1.